The summed E-state index contributed by atoms with van der Waals surface area (Å²) in [5.41, 5.74) is -0.835. The van der Waals surface area contributed by atoms with Crippen LogP contribution in [-0.4, -0.2) is 73.2 Å². The summed E-state index contributed by atoms with van der Waals surface area (Å²) in [6.07, 6.45) is 7.89. The average molecular weight is 567 g/mol. The number of nitrogens with zero attached hydrogens (tertiary/aromatic N) is 1. The van der Waals surface area contributed by atoms with Crippen molar-refractivity contribution in [3.63, 3.8) is 0 Å². The van der Waals surface area contributed by atoms with Crippen LogP contribution in [0.2, 0.25) is 0 Å². The van der Waals surface area contributed by atoms with Crippen molar-refractivity contribution < 1.29 is 33.2 Å². The molecule has 228 valence electrons. The molecule has 0 bridgehead atoms. The monoisotopic (exact) mass is 566 g/mol. The number of carbonyl (C=O) groups is 4. The molecular weight excluding hydrogens is 516 g/mol. The fourth-order valence-electron chi connectivity index (χ4n) is 4.22. The standard InChI is InChI=1S/C20H30N4O7.C7H14.C2H6/c1-11(2)6-13(17(26)20(4)10-30-20)22-16(25)8-21-18(27)15(9-29-5)23-19(28)14-7-12(3)31-24-14;1-7-5-3-2-4-6-7;1-2/h7,11,13,15H,6,8-10H2,1-5H3,(H,21,27)(H,22,25)(H,23,28);7H,2-6H2,1H3;1-2H3/t13-,15-,20?;;/m0../s1. The Morgan fingerprint density at radius 3 is 2.17 bits per heavy atom. The highest BCUT2D eigenvalue weighted by molar-refractivity contribution is 5.98. The molecule has 11 heteroatoms. The fourth-order valence-corrected chi connectivity index (χ4v) is 4.22. The van der Waals surface area contributed by atoms with E-state index in [1.165, 1.54) is 45.3 Å². The molecule has 0 spiro atoms. The number of methoxy groups -OCH3 is 1. The van der Waals surface area contributed by atoms with E-state index in [0.29, 0.717) is 18.8 Å². The lowest BCUT2D eigenvalue weighted by atomic mass is 9.91. The lowest BCUT2D eigenvalue weighted by Gasteiger charge is -2.22. The van der Waals surface area contributed by atoms with Crippen LogP contribution in [0.1, 0.15) is 96.3 Å². The summed E-state index contributed by atoms with van der Waals surface area (Å²) in [7, 11) is 1.38. The summed E-state index contributed by atoms with van der Waals surface area (Å²) in [5, 5.41) is 11.2. The molecule has 1 saturated carbocycles. The fraction of sp³-hybridized carbons (Fsp3) is 0.759. The van der Waals surface area contributed by atoms with Gasteiger partial charge in [0.1, 0.15) is 17.4 Å². The molecule has 3 N–H and O–H groups in total. The Hall–Kier alpha value is -2.79. The molecule has 1 saturated heterocycles. The third kappa shape index (κ3) is 12.6. The summed E-state index contributed by atoms with van der Waals surface area (Å²) >= 11 is 0. The van der Waals surface area contributed by atoms with Gasteiger partial charge in [0.05, 0.1) is 25.8 Å². The number of aromatic nitrogens is 1. The molecule has 1 aromatic heterocycles. The number of epoxide rings is 1. The Kier molecular flexibility index (Phi) is 15.7. The van der Waals surface area contributed by atoms with Crippen LogP contribution >= 0.6 is 0 Å². The molecule has 3 rings (SSSR count). The third-order valence-corrected chi connectivity index (χ3v) is 6.59. The maximum atomic E-state index is 12.6. The van der Waals surface area contributed by atoms with Gasteiger partial charge in [0.2, 0.25) is 11.8 Å². The molecule has 2 heterocycles. The number of carbonyl (C=O) groups excluding carboxylic acids is 4. The Labute approximate surface area is 238 Å². The van der Waals surface area contributed by atoms with Crippen molar-refractivity contribution in [3.05, 3.63) is 17.5 Å². The van der Waals surface area contributed by atoms with E-state index in [0.717, 1.165) is 5.92 Å². The van der Waals surface area contributed by atoms with E-state index in [9.17, 15) is 19.2 Å². The van der Waals surface area contributed by atoms with Gasteiger partial charge < -0.3 is 29.9 Å². The van der Waals surface area contributed by atoms with Crippen LogP contribution < -0.4 is 16.0 Å². The van der Waals surface area contributed by atoms with Gasteiger partial charge in [0.15, 0.2) is 11.5 Å². The number of ether oxygens (including phenoxy) is 2. The molecule has 1 aliphatic carbocycles. The van der Waals surface area contributed by atoms with Crippen molar-refractivity contribution in [3.8, 4) is 0 Å². The van der Waals surface area contributed by atoms with Crippen LogP contribution in [0.3, 0.4) is 0 Å². The molecule has 1 aliphatic heterocycles. The Bertz CT molecular complexity index is 937. The molecule has 0 aromatic carbocycles. The van der Waals surface area contributed by atoms with Crippen LogP contribution in [0.15, 0.2) is 10.6 Å². The Balaban J connectivity index is 0.000000759. The summed E-state index contributed by atoms with van der Waals surface area (Å²) in [4.78, 5) is 49.6. The van der Waals surface area contributed by atoms with Gasteiger partial charge in [0, 0.05) is 13.2 Å². The SMILES string of the molecule is CC.CC1CCCCC1.COC[C@H](NC(=O)c1cc(C)on1)C(=O)NCC(=O)N[C@@H](CC(C)C)C(=O)C1(C)CO1. The van der Waals surface area contributed by atoms with Crippen molar-refractivity contribution in [2.45, 2.75) is 105 Å². The summed E-state index contributed by atoms with van der Waals surface area (Å²) in [6.45, 7) is 13.4. The van der Waals surface area contributed by atoms with Gasteiger partial charge in [-0.2, -0.15) is 0 Å². The minimum Gasteiger partial charge on any atom is -0.382 e. The number of aryl methyl sites for hydroxylation is 1. The zero-order chi connectivity index (χ0) is 30.3. The number of Topliss-reactive ketones (excluding diaryl/α,β-unsaturated/α-hetero) is 1. The van der Waals surface area contributed by atoms with Crippen LogP contribution in [0.4, 0.5) is 0 Å². The number of hydrogen-bond acceptors (Lipinski definition) is 8. The van der Waals surface area contributed by atoms with Gasteiger partial charge in [-0.1, -0.05) is 71.9 Å². The Morgan fingerprint density at radius 1 is 1.10 bits per heavy atom. The predicted molar refractivity (Wildman–Crippen MR) is 152 cm³/mol. The molecule has 1 aromatic rings. The van der Waals surface area contributed by atoms with Crippen LogP contribution in [-0.2, 0) is 23.9 Å². The topological polar surface area (TPSA) is 152 Å². The number of ketones is 1. The van der Waals surface area contributed by atoms with E-state index in [-0.39, 0.29) is 30.5 Å². The third-order valence-electron chi connectivity index (χ3n) is 6.59. The van der Waals surface area contributed by atoms with Gasteiger partial charge in [-0.25, -0.2) is 0 Å². The van der Waals surface area contributed by atoms with Gasteiger partial charge in [-0.05, 0) is 32.1 Å². The smallest absolute Gasteiger partial charge is 0.274 e. The number of nitrogens with one attached hydrogen (secondary N) is 3. The van der Waals surface area contributed by atoms with E-state index < -0.39 is 35.4 Å². The number of hydrogen-bond donors (Lipinski definition) is 3. The van der Waals surface area contributed by atoms with Gasteiger partial charge in [-0.15, -0.1) is 0 Å². The van der Waals surface area contributed by atoms with E-state index >= 15 is 0 Å². The first-order chi connectivity index (χ1) is 18.9. The number of rotatable bonds is 12. The summed E-state index contributed by atoms with van der Waals surface area (Å²) < 4.78 is 15.0. The first-order valence-corrected chi connectivity index (χ1v) is 14.4. The largest absolute Gasteiger partial charge is 0.382 e. The van der Waals surface area contributed by atoms with Gasteiger partial charge in [0.25, 0.3) is 5.91 Å². The molecule has 2 fully saturated rings. The second-order valence-corrected chi connectivity index (χ2v) is 10.9. The summed E-state index contributed by atoms with van der Waals surface area (Å²) in [6, 6.07) is -0.323. The molecule has 3 atom stereocenters. The maximum Gasteiger partial charge on any atom is 0.274 e. The van der Waals surface area contributed by atoms with Crippen LogP contribution in [0.25, 0.3) is 0 Å². The summed E-state index contributed by atoms with van der Waals surface area (Å²) in [5.74, 6) is -0.278. The lowest BCUT2D eigenvalue weighted by Crippen LogP contribution is -2.53. The first kappa shape index (κ1) is 35.2. The van der Waals surface area contributed by atoms with Crippen molar-refractivity contribution in [1.29, 1.82) is 0 Å². The lowest BCUT2D eigenvalue weighted by molar-refractivity contribution is -0.131. The van der Waals surface area contributed by atoms with Crippen molar-refractivity contribution in [1.82, 2.24) is 21.1 Å². The van der Waals surface area contributed by atoms with Crippen molar-refractivity contribution >= 4 is 23.5 Å². The highest BCUT2D eigenvalue weighted by Crippen LogP contribution is 2.29. The maximum absolute atomic E-state index is 12.6. The molecule has 1 unspecified atom stereocenters. The van der Waals surface area contributed by atoms with E-state index in [4.69, 9.17) is 14.0 Å². The molecule has 0 radical (unpaired) electrons. The van der Waals surface area contributed by atoms with E-state index in [1.807, 2.05) is 27.7 Å². The molecule has 40 heavy (non-hydrogen) atoms. The molecular formula is C29H50N4O7. The number of amides is 3. The van der Waals surface area contributed by atoms with Gasteiger partial charge in [-0.3, -0.25) is 19.2 Å². The average Bonchev–Trinajstić information content (AvgIpc) is 3.53. The van der Waals surface area contributed by atoms with E-state index in [2.05, 4.69) is 28.0 Å². The molecule has 2 aliphatic rings. The highest BCUT2D eigenvalue weighted by atomic mass is 16.6. The zero-order valence-electron chi connectivity index (χ0n) is 25.6. The second kappa shape index (κ2) is 17.8. The first-order valence-electron chi connectivity index (χ1n) is 14.4. The molecule has 11 nitrogen and oxygen atoms in total. The van der Waals surface area contributed by atoms with Crippen molar-refractivity contribution in [2.24, 2.45) is 11.8 Å². The van der Waals surface area contributed by atoms with E-state index in [1.54, 1.807) is 13.8 Å². The normalized spacial score (nSPS) is 19.6. The highest BCUT2D eigenvalue weighted by Gasteiger charge is 2.50. The Morgan fingerprint density at radius 2 is 1.73 bits per heavy atom. The van der Waals surface area contributed by atoms with Crippen LogP contribution in [0.5, 0.6) is 0 Å². The minimum atomic E-state index is -1.05. The second-order valence-electron chi connectivity index (χ2n) is 10.9. The van der Waals surface area contributed by atoms with Crippen LogP contribution in [0, 0.1) is 18.8 Å². The minimum absolute atomic E-state index is 0.0231. The molecule has 3 amide bonds. The quantitative estimate of drug-likeness (QED) is 0.326. The predicted octanol–water partition coefficient (Wildman–Crippen LogP) is 3.35. The van der Waals surface area contributed by atoms with Gasteiger partial charge >= 0.3 is 0 Å². The zero-order valence-corrected chi connectivity index (χ0v) is 25.6. The van der Waals surface area contributed by atoms with Crippen molar-refractivity contribution in [2.75, 3.05) is 26.9 Å².